The molecular weight excluding hydrogens is 188 g/mol. The summed E-state index contributed by atoms with van der Waals surface area (Å²) in [7, 11) is 0. The minimum Gasteiger partial charge on any atom is -0.507 e. The summed E-state index contributed by atoms with van der Waals surface area (Å²) in [5.41, 5.74) is 3.19. The summed E-state index contributed by atoms with van der Waals surface area (Å²) in [6.45, 7) is 9.32. The van der Waals surface area contributed by atoms with Crippen LogP contribution in [0.2, 0.25) is 0 Å². The van der Waals surface area contributed by atoms with Crippen LogP contribution in [0, 0.1) is 26.7 Å². The summed E-state index contributed by atoms with van der Waals surface area (Å²) in [4.78, 5) is 11.9. The van der Waals surface area contributed by atoms with E-state index in [1.54, 1.807) is 6.07 Å². The predicted molar refractivity (Wildman–Crippen MR) is 61.5 cm³/mol. The molecule has 0 radical (unpaired) electrons. The van der Waals surface area contributed by atoms with Crippen LogP contribution in [0.25, 0.3) is 0 Å². The molecule has 0 spiro atoms. The highest BCUT2D eigenvalue weighted by molar-refractivity contribution is 5.99. The monoisotopic (exact) mass is 206 g/mol. The van der Waals surface area contributed by atoms with Gasteiger partial charge in [-0.05, 0) is 43.5 Å². The van der Waals surface area contributed by atoms with Gasteiger partial charge >= 0.3 is 0 Å². The maximum absolute atomic E-state index is 11.9. The van der Waals surface area contributed by atoms with Gasteiger partial charge in [-0.3, -0.25) is 4.79 Å². The first-order valence-corrected chi connectivity index (χ1v) is 5.20. The van der Waals surface area contributed by atoms with Crippen LogP contribution in [-0.4, -0.2) is 10.9 Å². The van der Waals surface area contributed by atoms with E-state index in [2.05, 4.69) is 0 Å². The lowest BCUT2D eigenvalue weighted by molar-refractivity contribution is 0.0938. The summed E-state index contributed by atoms with van der Waals surface area (Å²) in [6.07, 6.45) is 0. The van der Waals surface area contributed by atoms with Crippen molar-refractivity contribution in [3.05, 3.63) is 28.3 Å². The average molecular weight is 206 g/mol. The van der Waals surface area contributed by atoms with Crippen molar-refractivity contribution in [3.8, 4) is 5.75 Å². The van der Waals surface area contributed by atoms with E-state index in [4.69, 9.17) is 0 Å². The number of rotatable bonds is 2. The van der Waals surface area contributed by atoms with Crippen molar-refractivity contribution in [3.63, 3.8) is 0 Å². The van der Waals surface area contributed by atoms with E-state index in [0.717, 1.165) is 22.3 Å². The highest BCUT2D eigenvalue weighted by Crippen LogP contribution is 2.28. The van der Waals surface area contributed by atoms with Crippen LogP contribution in [0.15, 0.2) is 6.07 Å². The zero-order valence-corrected chi connectivity index (χ0v) is 10.0. The number of Topliss-reactive ketones (excluding diaryl/α,β-unsaturated/α-hetero) is 1. The van der Waals surface area contributed by atoms with E-state index in [9.17, 15) is 9.90 Å². The highest BCUT2D eigenvalue weighted by Gasteiger charge is 2.17. The molecule has 0 aliphatic carbocycles. The SMILES string of the molecule is Cc1cc(C(=O)C(C)C)c(C)c(C)c1O. The third-order valence-electron chi connectivity index (χ3n) is 2.85. The van der Waals surface area contributed by atoms with Crippen LogP contribution in [0.3, 0.4) is 0 Å². The van der Waals surface area contributed by atoms with Crippen molar-refractivity contribution in [2.45, 2.75) is 34.6 Å². The summed E-state index contributed by atoms with van der Waals surface area (Å²) in [5.74, 6) is 0.429. The molecule has 15 heavy (non-hydrogen) atoms. The van der Waals surface area contributed by atoms with E-state index in [1.807, 2.05) is 34.6 Å². The van der Waals surface area contributed by atoms with Crippen molar-refractivity contribution >= 4 is 5.78 Å². The number of carbonyl (C=O) groups excluding carboxylic acids is 1. The fraction of sp³-hybridized carbons (Fsp3) is 0.462. The smallest absolute Gasteiger partial charge is 0.165 e. The first-order valence-electron chi connectivity index (χ1n) is 5.20. The predicted octanol–water partition coefficient (Wildman–Crippen LogP) is 3.16. The molecule has 0 amide bonds. The molecule has 0 aromatic heterocycles. The molecule has 82 valence electrons. The zero-order chi connectivity index (χ0) is 11.7. The second-order valence-electron chi connectivity index (χ2n) is 4.36. The zero-order valence-electron chi connectivity index (χ0n) is 10.0. The summed E-state index contributed by atoms with van der Waals surface area (Å²) in [5, 5.41) is 9.72. The molecule has 1 aromatic rings. The number of hydrogen-bond donors (Lipinski definition) is 1. The van der Waals surface area contributed by atoms with Crippen LogP contribution >= 0.6 is 0 Å². The maximum atomic E-state index is 11.9. The van der Waals surface area contributed by atoms with Crippen LogP contribution < -0.4 is 0 Å². The third kappa shape index (κ3) is 2.04. The molecule has 0 unspecified atom stereocenters. The number of phenols is 1. The van der Waals surface area contributed by atoms with E-state index in [-0.39, 0.29) is 11.7 Å². The van der Waals surface area contributed by atoms with Crippen LogP contribution in [0.5, 0.6) is 5.75 Å². The van der Waals surface area contributed by atoms with Crippen molar-refractivity contribution in [2.75, 3.05) is 0 Å². The molecule has 0 heterocycles. The molecule has 0 atom stereocenters. The lowest BCUT2D eigenvalue weighted by atomic mass is 9.92. The number of carbonyl (C=O) groups is 1. The lowest BCUT2D eigenvalue weighted by Gasteiger charge is -2.13. The molecule has 1 aromatic carbocycles. The number of ketones is 1. The van der Waals surface area contributed by atoms with Crippen molar-refractivity contribution in [1.29, 1.82) is 0 Å². The Kier molecular flexibility index (Phi) is 3.18. The minimum atomic E-state index is -0.00737. The van der Waals surface area contributed by atoms with Gasteiger partial charge in [0, 0.05) is 11.5 Å². The number of benzene rings is 1. The van der Waals surface area contributed by atoms with Crippen molar-refractivity contribution < 1.29 is 9.90 Å². The van der Waals surface area contributed by atoms with E-state index >= 15 is 0 Å². The number of aromatic hydroxyl groups is 1. The van der Waals surface area contributed by atoms with Gasteiger partial charge in [0.1, 0.15) is 5.75 Å². The van der Waals surface area contributed by atoms with Gasteiger partial charge in [-0.2, -0.15) is 0 Å². The van der Waals surface area contributed by atoms with Crippen LogP contribution in [0.1, 0.15) is 40.9 Å². The average Bonchev–Trinajstić information content (AvgIpc) is 2.19. The fourth-order valence-corrected chi connectivity index (χ4v) is 1.64. The van der Waals surface area contributed by atoms with Gasteiger partial charge in [0.05, 0.1) is 0 Å². The molecule has 1 rings (SSSR count). The van der Waals surface area contributed by atoms with E-state index in [0.29, 0.717) is 5.75 Å². The summed E-state index contributed by atoms with van der Waals surface area (Å²) in [6, 6.07) is 1.78. The molecule has 0 bridgehead atoms. The maximum Gasteiger partial charge on any atom is 0.165 e. The second-order valence-corrected chi connectivity index (χ2v) is 4.36. The molecule has 0 aliphatic rings. The molecule has 0 saturated carbocycles. The Bertz CT molecular complexity index is 403. The Hall–Kier alpha value is -1.31. The largest absolute Gasteiger partial charge is 0.507 e. The summed E-state index contributed by atoms with van der Waals surface area (Å²) >= 11 is 0. The third-order valence-corrected chi connectivity index (χ3v) is 2.85. The van der Waals surface area contributed by atoms with Crippen LogP contribution in [0.4, 0.5) is 0 Å². The molecule has 2 nitrogen and oxygen atoms in total. The van der Waals surface area contributed by atoms with Crippen molar-refractivity contribution in [2.24, 2.45) is 5.92 Å². The topological polar surface area (TPSA) is 37.3 Å². The number of aryl methyl sites for hydroxylation is 1. The number of phenolic OH excluding ortho intramolecular Hbond substituents is 1. The molecule has 2 heteroatoms. The van der Waals surface area contributed by atoms with Gasteiger partial charge in [0.15, 0.2) is 5.78 Å². The Morgan fingerprint density at radius 3 is 2.20 bits per heavy atom. The molecule has 0 fully saturated rings. The number of hydrogen-bond acceptors (Lipinski definition) is 2. The van der Waals surface area contributed by atoms with Crippen LogP contribution in [-0.2, 0) is 0 Å². The van der Waals surface area contributed by atoms with Crippen molar-refractivity contribution in [1.82, 2.24) is 0 Å². The Morgan fingerprint density at radius 1 is 1.20 bits per heavy atom. The first-order chi connectivity index (χ1) is 6.86. The fourth-order valence-electron chi connectivity index (χ4n) is 1.64. The van der Waals surface area contributed by atoms with Gasteiger partial charge < -0.3 is 5.11 Å². The molecule has 0 aliphatic heterocycles. The second kappa shape index (κ2) is 4.05. The Balaban J connectivity index is 3.39. The molecule has 0 saturated heterocycles. The Labute approximate surface area is 90.9 Å². The highest BCUT2D eigenvalue weighted by atomic mass is 16.3. The molecule has 1 N–H and O–H groups in total. The minimum absolute atomic E-state index is 0.00737. The quantitative estimate of drug-likeness (QED) is 0.755. The van der Waals surface area contributed by atoms with Gasteiger partial charge in [-0.25, -0.2) is 0 Å². The van der Waals surface area contributed by atoms with Gasteiger partial charge in [0.25, 0.3) is 0 Å². The molecular formula is C13H18O2. The summed E-state index contributed by atoms with van der Waals surface area (Å²) < 4.78 is 0. The van der Waals surface area contributed by atoms with E-state index < -0.39 is 0 Å². The van der Waals surface area contributed by atoms with Gasteiger partial charge in [-0.15, -0.1) is 0 Å². The first kappa shape index (κ1) is 11.8. The van der Waals surface area contributed by atoms with E-state index in [1.165, 1.54) is 0 Å². The standard InChI is InChI=1S/C13H18O2/c1-7(2)12(14)11-6-8(3)13(15)10(5)9(11)4/h6-7,15H,1-5H3. The lowest BCUT2D eigenvalue weighted by Crippen LogP contribution is -2.10. The Morgan fingerprint density at radius 2 is 1.73 bits per heavy atom. The van der Waals surface area contributed by atoms with Gasteiger partial charge in [-0.1, -0.05) is 13.8 Å². The van der Waals surface area contributed by atoms with Gasteiger partial charge in [0.2, 0.25) is 0 Å². The normalized spacial score (nSPS) is 10.8.